The lowest BCUT2D eigenvalue weighted by atomic mass is 10.1. The van der Waals surface area contributed by atoms with Crippen LogP contribution in [0.2, 0.25) is 0 Å². The highest BCUT2D eigenvalue weighted by atomic mass is 32.1. The number of thiazole rings is 1. The average molecular weight is 345 g/mol. The fourth-order valence-corrected chi connectivity index (χ4v) is 3.10. The van der Waals surface area contributed by atoms with E-state index in [1.54, 1.807) is 18.2 Å². The average Bonchev–Trinajstić information content (AvgIpc) is 3.20. The normalized spacial score (nSPS) is 12.1. The van der Waals surface area contributed by atoms with Crippen molar-refractivity contribution in [3.05, 3.63) is 53.0 Å². The molecule has 1 amide bonds. The van der Waals surface area contributed by atoms with E-state index in [0.717, 1.165) is 0 Å². The maximum Gasteiger partial charge on any atom is 0.226 e. The Hall–Kier alpha value is -2.61. The number of carbonyl (C=O) groups excluding carboxylic acids is 1. The van der Waals surface area contributed by atoms with Crippen LogP contribution in [0.5, 0.6) is 0 Å². The molecule has 1 aromatic carbocycles. The van der Waals surface area contributed by atoms with Crippen molar-refractivity contribution in [2.24, 2.45) is 0 Å². The smallest absolute Gasteiger partial charge is 0.226 e. The summed E-state index contributed by atoms with van der Waals surface area (Å²) in [7, 11) is 0. The Kier molecular flexibility index (Phi) is 4.95. The Morgan fingerprint density at radius 1 is 1.42 bits per heavy atom. The van der Waals surface area contributed by atoms with E-state index < -0.39 is 0 Å². The Balaban J connectivity index is 1.55. The molecule has 3 rings (SSSR count). The first-order chi connectivity index (χ1) is 11.6. The summed E-state index contributed by atoms with van der Waals surface area (Å²) < 4.78 is 13.6. The SMILES string of the molecule is C[C@H](Cc1ccccc1F)NC(=O)Cc1csc(-c2ncn[nH]2)n1. The summed E-state index contributed by atoms with van der Waals surface area (Å²) in [5.41, 5.74) is 1.26. The van der Waals surface area contributed by atoms with E-state index in [4.69, 9.17) is 0 Å². The first kappa shape index (κ1) is 16.3. The molecule has 0 saturated heterocycles. The van der Waals surface area contributed by atoms with Gasteiger partial charge in [0, 0.05) is 11.4 Å². The molecule has 0 aliphatic carbocycles. The van der Waals surface area contributed by atoms with Gasteiger partial charge in [-0.15, -0.1) is 11.3 Å². The lowest BCUT2D eigenvalue weighted by molar-refractivity contribution is -0.121. The van der Waals surface area contributed by atoms with Crippen molar-refractivity contribution in [2.45, 2.75) is 25.8 Å². The van der Waals surface area contributed by atoms with Gasteiger partial charge in [-0.05, 0) is 25.0 Å². The van der Waals surface area contributed by atoms with Gasteiger partial charge in [-0.3, -0.25) is 9.89 Å². The number of benzene rings is 1. The second-order valence-corrected chi connectivity index (χ2v) is 6.28. The largest absolute Gasteiger partial charge is 0.353 e. The molecule has 6 nitrogen and oxygen atoms in total. The summed E-state index contributed by atoms with van der Waals surface area (Å²) in [6, 6.07) is 6.41. The van der Waals surface area contributed by atoms with Crippen LogP contribution in [0.1, 0.15) is 18.2 Å². The topological polar surface area (TPSA) is 83.6 Å². The van der Waals surface area contributed by atoms with Crippen molar-refractivity contribution in [3.8, 4) is 10.8 Å². The maximum absolute atomic E-state index is 13.6. The number of nitrogens with one attached hydrogen (secondary N) is 2. The van der Waals surface area contributed by atoms with Gasteiger partial charge in [0.2, 0.25) is 5.91 Å². The van der Waals surface area contributed by atoms with Crippen LogP contribution < -0.4 is 5.32 Å². The Morgan fingerprint density at radius 2 is 2.25 bits per heavy atom. The van der Waals surface area contributed by atoms with Gasteiger partial charge in [-0.1, -0.05) is 18.2 Å². The third-order valence-corrected chi connectivity index (χ3v) is 4.30. The number of halogens is 1. The predicted molar refractivity (Wildman–Crippen MR) is 88.9 cm³/mol. The molecule has 0 saturated carbocycles. The zero-order chi connectivity index (χ0) is 16.9. The zero-order valence-corrected chi connectivity index (χ0v) is 13.8. The van der Waals surface area contributed by atoms with Crippen molar-refractivity contribution >= 4 is 17.2 Å². The number of aromatic amines is 1. The molecule has 0 fully saturated rings. The molecule has 3 aromatic rings. The van der Waals surface area contributed by atoms with Gasteiger partial charge >= 0.3 is 0 Å². The van der Waals surface area contributed by atoms with Crippen molar-refractivity contribution in [1.82, 2.24) is 25.5 Å². The van der Waals surface area contributed by atoms with Gasteiger partial charge in [0.25, 0.3) is 0 Å². The molecule has 0 bridgehead atoms. The minimum atomic E-state index is -0.255. The van der Waals surface area contributed by atoms with Gasteiger partial charge in [-0.25, -0.2) is 14.4 Å². The molecule has 124 valence electrons. The Labute approximate surface area is 142 Å². The number of nitrogens with zero attached hydrogens (tertiary/aromatic N) is 3. The van der Waals surface area contributed by atoms with Crippen molar-refractivity contribution < 1.29 is 9.18 Å². The number of H-pyrrole nitrogens is 1. The van der Waals surface area contributed by atoms with Crippen LogP contribution in [0.3, 0.4) is 0 Å². The van der Waals surface area contributed by atoms with Gasteiger partial charge in [0.05, 0.1) is 12.1 Å². The molecule has 2 heterocycles. The number of carbonyl (C=O) groups is 1. The fourth-order valence-electron chi connectivity index (χ4n) is 2.34. The summed E-state index contributed by atoms with van der Waals surface area (Å²) in [6.07, 6.45) is 2.03. The van der Waals surface area contributed by atoms with E-state index in [1.807, 2.05) is 12.3 Å². The van der Waals surface area contributed by atoms with E-state index >= 15 is 0 Å². The van der Waals surface area contributed by atoms with Crippen molar-refractivity contribution in [3.63, 3.8) is 0 Å². The quantitative estimate of drug-likeness (QED) is 0.718. The highest BCUT2D eigenvalue weighted by Gasteiger charge is 2.13. The van der Waals surface area contributed by atoms with Gasteiger partial charge in [0.1, 0.15) is 12.1 Å². The third kappa shape index (κ3) is 4.02. The van der Waals surface area contributed by atoms with E-state index in [1.165, 1.54) is 23.7 Å². The van der Waals surface area contributed by atoms with Gasteiger partial charge in [0.15, 0.2) is 10.8 Å². The number of amides is 1. The summed E-state index contributed by atoms with van der Waals surface area (Å²) >= 11 is 1.40. The minimum Gasteiger partial charge on any atom is -0.353 e. The highest BCUT2D eigenvalue weighted by molar-refractivity contribution is 7.13. The second-order valence-electron chi connectivity index (χ2n) is 5.42. The van der Waals surface area contributed by atoms with E-state index in [2.05, 4.69) is 25.5 Å². The molecular formula is C16H16FN5OS. The number of aromatic nitrogens is 4. The summed E-state index contributed by atoms with van der Waals surface area (Å²) in [6.45, 7) is 1.85. The van der Waals surface area contributed by atoms with Crippen LogP contribution in [0.4, 0.5) is 4.39 Å². The number of hydrogen-bond acceptors (Lipinski definition) is 5. The first-order valence-corrected chi connectivity index (χ1v) is 8.32. The third-order valence-electron chi connectivity index (χ3n) is 3.40. The van der Waals surface area contributed by atoms with Crippen LogP contribution in [0.25, 0.3) is 10.8 Å². The molecule has 2 aromatic heterocycles. The lowest BCUT2D eigenvalue weighted by Crippen LogP contribution is -2.35. The maximum atomic E-state index is 13.6. The number of rotatable bonds is 6. The Bertz CT molecular complexity index is 818. The summed E-state index contributed by atoms with van der Waals surface area (Å²) in [5, 5.41) is 11.9. The molecule has 0 spiro atoms. The standard InChI is InChI=1S/C16H16FN5OS/c1-10(6-11-4-2-3-5-13(11)17)20-14(23)7-12-8-24-16(21-12)15-18-9-19-22-15/h2-5,8-10H,6-7H2,1H3,(H,20,23)(H,18,19,22)/t10-/m1/s1. The summed E-state index contributed by atoms with van der Waals surface area (Å²) in [5.74, 6) is 0.183. The molecule has 8 heteroatoms. The molecule has 0 aliphatic heterocycles. The van der Waals surface area contributed by atoms with Crippen LogP contribution in [-0.4, -0.2) is 32.1 Å². The van der Waals surface area contributed by atoms with Gasteiger partial charge < -0.3 is 5.32 Å². The second kappa shape index (κ2) is 7.31. The van der Waals surface area contributed by atoms with E-state index in [9.17, 15) is 9.18 Å². The summed E-state index contributed by atoms with van der Waals surface area (Å²) in [4.78, 5) is 20.5. The van der Waals surface area contributed by atoms with Crippen molar-refractivity contribution in [1.29, 1.82) is 0 Å². The molecule has 24 heavy (non-hydrogen) atoms. The molecular weight excluding hydrogens is 329 g/mol. The van der Waals surface area contributed by atoms with Crippen molar-refractivity contribution in [2.75, 3.05) is 0 Å². The Morgan fingerprint density at radius 3 is 3.00 bits per heavy atom. The monoisotopic (exact) mass is 345 g/mol. The molecule has 2 N–H and O–H groups in total. The first-order valence-electron chi connectivity index (χ1n) is 7.44. The highest BCUT2D eigenvalue weighted by Crippen LogP contribution is 2.19. The van der Waals surface area contributed by atoms with Gasteiger partial charge in [-0.2, -0.15) is 5.10 Å². The minimum absolute atomic E-state index is 0.145. The molecule has 0 unspecified atom stereocenters. The lowest BCUT2D eigenvalue weighted by Gasteiger charge is -2.14. The predicted octanol–water partition coefficient (Wildman–Crippen LogP) is 2.36. The van der Waals surface area contributed by atoms with E-state index in [0.29, 0.717) is 28.5 Å². The van der Waals surface area contributed by atoms with Crippen LogP contribution in [0.15, 0.2) is 36.0 Å². The number of hydrogen-bond donors (Lipinski definition) is 2. The van der Waals surface area contributed by atoms with E-state index in [-0.39, 0.29) is 24.2 Å². The molecule has 0 aliphatic rings. The molecule has 0 radical (unpaired) electrons. The molecule has 1 atom stereocenters. The van der Waals surface area contributed by atoms with Crippen LogP contribution in [0, 0.1) is 5.82 Å². The van der Waals surface area contributed by atoms with Crippen LogP contribution in [-0.2, 0) is 17.6 Å². The fraction of sp³-hybridized carbons (Fsp3) is 0.250. The zero-order valence-electron chi connectivity index (χ0n) is 13.0. The van der Waals surface area contributed by atoms with Crippen LogP contribution >= 0.6 is 11.3 Å².